The minimum Gasteiger partial charge on any atom is -0.383 e. The van der Waals surface area contributed by atoms with Crippen molar-refractivity contribution in [1.29, 1.82) is 0 Å². The molecule has 1 aliphatic rings. The lowest BCUT2D eigenvalue weighted by molar-refractivity contribution is 0.0405. The lowest BCUT2D eigenvalue weighted by Crippen LogP contribution is -2.35. The second-order valence-electron chi connectivity index (χ2n) is 5.19. The van der Waals surface area contributed by atoms with Gasteiger partial charge in [0.15, 0.2) is 0 Å². The molecule has 0 aromatic carbocycles. The van der Waals surface area contributed by atoms with E-state index in [0.717, 1.165) is 38.3 Å². The number of anilines is 1. The molecular formula is C15H27N3O. The van der Waals surface area contributed by atoms with Crippen molar-refractivity contribution in [3.05, 3.63) is 23.9 Å². The Morgan fingerprint density at radius 3 is 2.53 bits per heavy atom. The number of hydrogen-bond donors (Lipinski definition) is 1. The molecule has 19 heavy (non-hydrogen) atoms. The Balaban J connectivity index is 0.000000200. The van der Waals surface area contributed by atoms with E-state index in [9.17, 15) is 0 Å². The van der Waals surface area contributed by atoms with Gasteiger partial charge in [0.1, 0.15) is 5.82 Å². The van der Waals surface area contributed by atoms with E-state index in [1.54, 1.807) is 6.20 Å². The summed E-state index contributed by atoms with van der Waals surface area (Å²) in [6.07, 6.45) is 2.73. The highest BCUT2D eigenvalue weighted by atomic mass is 16.5. The lowest BCUT2D eigenvalue weighted by atomic mass is 10.0. The molecular weight excluding hydrogens is 238 g/mol. The van der Waals surface area contributed by atoms with E-state index >= 15 is 0 Å². The molecule has 4 heteroatoms. The van der Waals surface area contributed by atoms with Crippen LogP contribution in [-0.4, -0.2) is 42.7 Å². The molecule has 0 unspecified atom stereocenters. The van der Waals surface area contributed by atoms with Gasteiger partial charge in [0, 0.05) is 19.3 Å². The molecule has 0 bridgehead atoms. The number of rotatable bonds is 3. The molecule has 1 fully saturated rings. The van der Waals surface area contributed by atoms with Gasteiger partial charge in [-0.1, -0.05) is 26.8 Å². The second-order valence-corrected chi connectivity index (χ2v) is 5.19. The predicted molar refractivity (Wildman–Crippen MR) is 80.1 cm³/mol. The van der Waals surface area contributed by atoms with Crippen LogP contribution in [0.3, 0.4) is 0 Å². The Bertz CT molecular complexity index is 349. The molecule has 2 N–H and O–H groups in total. The molecule has 2 heterocycles. The van der Waals surface area contributed by atoms with E-state index in [2.05, 4.69) is 30.7 Å². The van der Waals surface area contributed by atoms with Gasteiger partial charge in [0.2, 0.25) is 0 Å². The summed E-state index contributed by atoms with van der Waals surface area (Å²) in [5.74, 6) is 1.31. The fourth-order valence-corrected chi connectivity index (χ4v) is 1.98. The number of likely N-dealkylation sites (N-methyl/N-ethyl adjacent to an activating group) is 1. The Morgan fingerprint density at radius 2 is 2.05 bits per heavy atom. The summed E-state index contributed by atoms with van der Waals surface area (Å²) in [6.45, 7) is 11.8. The first-order chi connectivity index (χ1) is 9.13. The highest BCUT2D eigenvalue weighted by molar-refractivity contribution is 5.38. The maximum atomic E-state index is 5.66. The van der Waals surface area contributed by atoms with Crippen LogP contribution in [0, 0.1) is 5.92 Å². The molecule has 1 saturated heterocycles. The number of nitrogen functional groups attached to an aromatic ring is 1. The van der Waals surface area contributed by atoms with E-state index in [-0.39, 0.29) is 0 Å². The van der Waals surface area contributed by atoms with Crippen LogP contribution >= 0.6 is 0 Å². The van der Waals surface area contributed by atoms with Crippen LogP contribution in [0.15, 0.2) is 18.3 Å². The monoisotopic (exact) mass is 265 g/mol. The zero-order valence-corrected chi connectivity index (χ0v) is 12.4. The Morgan fingerprint density at radius 1 is 1.37 bits per heavy atom. The van der Waals surface area contributed by atoms with Gasteiger partial charge in [0.05, 0.1) is 13.2 Å². The van der Waals surface area contributed by atoms with Gasteiger partial charge in [-0.2, -0.15) is 0 Å². The third kappa shape index (κ3) is 6.55. The summed E-state index contributed by atoms with van der Waals surface area (Å²) >= 11 is 0. The predicted octanol–water partition coefficient (Wildman–Crippen LogP) is 2.20. The number of aromatic nitrogens is 1. The number of nitrogens with two attached hydrogens (primary N) is 1. The molecule has 0 atom stereocenters. The smallest absolute Gasteiger partial charge is 0.126 e. The minimum absolute atomic E-state index is 0.640. The summed E-state index contributed by atoms with van der Waals surface area (Å²) in [4.78, 5) is 6.40. The first kappa shape index (κ1) is 15.9. The average Bonchev–Trinajstić information content (AvgIpc) is 2.43. The van der Waals surface area contributed by atoms with E-state index in [0.29, 0.717) is 11.7 Å². The summed E-state index contributed by atoms with van der Waals surface area (Å²) in [5, 5.41) is 0. The molecule has 108 valence electrons. The molecule has 0 amide bonds. The van der Waals surface area contributed by atoms with Crippen LogP contribution in [0.1, 0.15) is 26.3 Å². The molecule has 4 nitrogen and oxygen atoms in total. The van der Waals surface area contributed by atoms with Crippen LogP contribution in [0.5, 0.6) is 0 Å². The van der Waals surface area contributed by atoms with Gasteiger partial charge >= 0.3 is 0 Å². The Hall–Kier alpha value is -1.13. The zero-order valence-electron chi connectivity index (χ0n) is 12.4. The van der Waals surface area contributed by atoms with Crippen LogP contribution in [0.25, 0.3) is 0 Å². The van der Waals surface area contributed by atoms with Crippen molar-refractivity contribution in [2.75, 3.05) is 38.6 Å². The number of hydrogen-bond acceptors (Lipinski definition) is 4. The van der Waals surface area contributed by atoms with Gasteiger partial charge in [0.25, 0.3) is 0 Å². The first-order valence-electron chi connectivity index (χ1n) is 7.13. The van der Waals surface area contributed by atoms with Crippen molar-refractivity contribution in [1.82, 2.24) is 9.88 Å². The number of pyridine rings is 1. The maximum Gasteiger partial charge on any atom is 0.126 e. The standard InChI is InChI=1S/C9H14N2.C6H13NO/c1-7(2)6-8-4-3-5-11-9(8)10;1-2-7-3-5-8-6-4-7/h3-5,7H,6H2,1-2H3,(H2,10,11);2-6H2,1H3. The van der Waals surface area contributed by atoms with Crippen molar-refractivity contribution >= 4 is 5.82 Å². The van der Waals surface area contributed by atoms with Crippen molar-refractivity contribution < 1.29 is 4.74 Å². The lowest BCUT2D eigenvalue weighted by Gasteiger charge is -2.24. The maximum absolute atomic E-state index is 5.66. The normalized spacial score (nSPS) is 16.0. The molecule has 0 aliphatic carbocycles. The summed E-state index contributed by atoms with van der Waals surface area (Å²) in [5.41, 5.74) is 6.81. The van der Waals surface area contributed by atoms with Crippen molar-refractivity contribution in [2.45, 2.75) is 27.2 Å². The molecule has 0 radical (unpaired) electrons. The van der Waals surface area contributed by atoms with E-state index in [1.807, 2.05) is 12.1 Å². The van der Waals surface area contributed by atoms with Crippen LogP contribution in [0.4, 0.5) is 5.82 Å². The molecule has 1 aliphatic heterocycles. The summed E-state index contributed by atoms with van der Waals surface area (Å²) in [7, 11) is 0. The molecule has 0 saturated carbocycles. The minimum atomic E-state index is 0.640. The number of morpholine rings is 1. The highest BCUT2D eigenvalue weighted by Crippen LogP contribution is 2.12. The number of nitrogens with zero attached hydrogens (tertiary/aromatic N) is 2. The van der Waals surface area contributed by atoms with Crippen LogP contribution in [-0.2, 0) is 11.2 Å². The molecule has 2 rings (SSSR count). The van der Waals surface area contributed by atoms with E-state index in [4.69, 9.17) is 10.5 Å². The van der Waals surface area contributed by atoms with Gasteiger partial charge in [-0.05, 0) is 30.5 Å². The van der Waals surface area contributed by atoms with Crippen molar-refractivity contribution in [2.24, 2.45) is 5.92 Å². The van der Waals surface area contributed by atoms with Crippen molar-refractivity contribution in [3.63, 3.8) is 0 Å². The number of ether oxygens (including phenoxy) is 1. The SMILES string of the molecule is CC(C)Cc1cccnc1N.CCN1CCOCC1. The third-order valence-electron chi connectivity index (χ3n) is 3.11. The van der Waals surface area contributed by atoms with Gasteiger partial charge in [-0.15, -0.1) is 0 Å². The molecule has 1 aromatic rings. The van der Waals surface area contributed by atoms with Gasteiger partial charge in [-0.25, -0.2) is 4.98 Å². The fourth-order valence-electron chi connectivity index (χ4n) is 1.98. The largest absolute Gasteiger partial charge is 0.383 e. The van der Waals surface area contributed by atoms with Crippen molar-refractivity contribution in [3.8, 4) is 0 Å². The molecule has 1 aromatic heterocycles. The van der Waals surface area contributed by atoms with Gasteiger partial charge < -0.3 is 10.5 Å². The van der Waals surface area contributed by atoms with E-state index < -0.39 is 0 Å². The second kappa shape index (κ2) is 8.88. The summed E-state index contributed by atoms with van der Waals surface area (Å²) < 4.78 is 5.16. The average molecular weight is 265 g/mol. The van der Waals surface area contributed by atoms with Crippen LogP contribution in [0.2, 0.25) is 0 Å². The topological polar surface area (TPSA) is 51.4 Å². The Kier molecular flexibility index (Phi) is 7.45. The first-order valence-corrected chi connectivity index (χ1v) is 7.13. The van der Waals surface area contributed by atoms with Crippen LogP contribution < -0.4 is 5.73 Å². The zero-order chi connectivity index (χ0) is 14.1. The molecule has 0 spiro atoms. The third-order valence-corrected chi connectivity index (χ3v) is 3.11. The highest BCUT2D eigenvalue weighted by Gasteiger charge is 2.05. The summed E-state index contributed by atoms with van der Waals surface area (Å²) in [6, 6.07) is 3.95. The van der Waals surface area contributed by atoms with Gasteiger partial charge in [-0.3, -0.25) is 4.90 Å². The van der Waals surface area contributed by atoms with E-state index in [1.165, 1.54) is 6.54 Å². The Labute approximate surface area is 117 Å². The fraction of sp³-hybridized carbons (Fsp3) is 0.667. The quantitative estimate of drug-likeness (QED) is 0.910.